The number of nitrogens with zero attached hydrogens (tertiary/aromatic N) is 2. The summed E-state index contributed by atoms with van der Waals surface area (Å²) in [5.74, 6) is -0.323. The van der Waals surface area contributed by atoms with Crippen LogP contribution in [0.15, 0.2) is 30.5 Å². The van der Waals surface area contributed by atoms with Crippen molar-refractivity contribution in [2.24, 2.45) is 0 Å². The van der Waals surface area contributed by atoms with Gasteiger partial charge < -0.3 is 11.1 Å². The number of aromatic nitrogens is 2. The first kappa shape index (κ1) is 12.1. The summed E-state index contributed by atoms with van der Waals surface area (Å²) >= 11 is 0. The van der Waals surface area contributed by atoms with Crippen LogP contribution in [0.4, 0.5) is 15.9 Å². The summed E-state index contributed by atoms with van der Waals surface area (Å²) in [6.07, 6.45) is 1.60. The first-order valence-corrected chi connectivity index (χ1v) is 5.39. The van der Waals surface area contributed by atoms with E-state index >= 15 is 0 Å². The number of nitrogens with one attached hydrogen (secondary N) is 1. The number of nitrogens with two attached hydrogens (primary N) is 1. The Balaban J connectivity index is 2.05. The lowest BCUT2D eigenvalue weighted by molar-refractivity contribution is -0.116. The highest BCUT2D eigenvalue weighted by Crippen LogP contribution is 2.15. The highest BCUT2D eigenvalue weighted by atomic mass is 19.1. The normalized spacial score (nSPS) is 10.3. The standard InChI is InChI=1S/C12H13FN4O/c1-8-2-3-9(13)6-10(8)15-12(18)7-17-5-4-11(14)16-17/h2-6H,7H2,1H3,(H2,14,16)(H,15,18). The molecule has 0 unspecified atom stereocenters. The molecule has 0 spiro atoms. The molecule has 18 heavy (non-hydrogen) atoms. The van der Waals surface area contributed by atoms with Crippen LogP contribution in [0.25, 0.3) is 0 Å². The van der Waals surface area contributed by atoms with Crippen molar-refractivity contribution in [1.29, 1.82) is 0 Å². The van der Waals surface area contributed by atoms with Gasteiger partial charge in [-0.25, -0.2) is 4.39 Å². The number of aryl methyl sites for hydroxylation is 1. The summed E-state index contributed by atoms with van der Waals surface area (Å²) in [4.78, 5) is 11.7. The summed E-state index contributed by atoms with van der Waals surface area (Å²) in [5, 5.41) is 6.52. The molecule has 1 aromatic carbocycles. The van der Waals surface area contributed by atoms with E-state index in [1.54, 1.807) is 25.3 Å². The molecule has 2 aromatic rings. The van der Waals surface area contributed by atoms with Gasteiger partial charge in [0.1, 0.15) is 18.2 Å². The van der Waals surface area contributed by atoms with Crippen LogP contribution >= 0.6 is 0 Å². The van der Waals surface area contributed by atoms with Crippen LogP contribution in [0.1, 0.15) is 5.56 Å². The number of rotatable bonds is 3. The second kappa shape index (κ2) is 4.87. The smallest absolute Gasteiger partial charge is 0.246 e. The molecule has 0 aliphatic rings. The quantitative estimate of drug-likeness (QED) is 0.865. The molecule has 5 nitrogen and oxygen atoms in total. The van der Waals surface area contributed by atoms with E-state index in [9.17, 15) is 9.18 Å². The molecule has 0 bridgehead atoms. The van der Waals surface area contributed by atoms with Gasteiger partial charge in [0.05, 0.1) is 0 Å². The Morgan fingerprint density at radius 3 is 2.94 bits per heavy atom. The molecular formula is C12H13FN4O. The average molecular weight is 248 g/mol. The van der Waals surface area contributed by atoms with Gasteiger partial charge in [0.15, 0.2) is 0 Å². The average Bonchev–Trinajstić information content (AvgIpc) is 2.69. The summed E-state index contributed by atoms with van der Waals surface area (Å²) in [6, 6.07) is 5.83. The molecule has 1 heterocycles. The van der Waals surface area contributed by atoms with Crippen molar-refractivity contribution >= 4 is 17.4 Å². The van der Waals surface area contributed by atoms with E-state index in [-0.39, 0.29) is 18.3 Å². The fourth-order valence-electron chi connectivity index (χ4n) is 1.53. The molecule has 1 amide bonds. The van der Waals surface area contributed by atoms with Gasteiger partial charge in [-0.15, -0.1) is 0 Å². The lowest BCUT2D eigenvalue weighted by atomic mass is 10.2. The molecule has 0 atom stereocenters. The maximum atomic E-state index is 13.0. The van der Waals surface area contributed by atoms with Crippen molar-refractivity contribution in [1.82, 2.24) is 9.78 Å². The van der Waals surface area contributed by atoms with Crippen LogP contribution in [0.3, 0.4) is 0 Å². The molecule has 0 aliphatic carbocycles. The van der Waals surface area contributed by atoms with E-state index in [1.165, 1.54) is 16.8 Å². The molecule has 0 saturated heterocycles. The zero-order valence-electron chi connectivity index (χ0n) is 9.85. The Hall–Kier alpha value is -2.37. The van der Waals surface area contributed by atoms with Gasteiger partial charge in [-0.3, -0.25) is 9.48 Å². The Kier molecular flexibility index (Phi) is 3.27. The van der Waals surface area contributed by atoms with Gasteiger partial charge in [0.2, 0.25) is 5.91 Å². The van der Waals surface area contributed by atoms with Crippen LogP contribution in [-0.2, 0) is 11.3 Å². The van der Waals surface area contributed by atoms with Crippen LogP contribution in [0.5, 0.6) is 0 Å². The molecule has 6 heteroatoms. The maximum Gasteiger partial charge on any atom is 0.246 e. The first-order chi connectivity index (χ1) is 8.54. The van der Waals surface area contributed by atoms with Gasteiger partial charge in [-0.2, -0.15) is 5.10 Å². The second-order valence-corrected chi connectivity index (χ2v) is 3.95. The largest absolute Gasteiger partial charge is 0.382 e. The van der Waals surface area contributed by atoms with Crippen molar-refractivity contribution in [3.05, 3.63) is 41.8 Å². The topological polar surface area (TPSA) is 72.9 Å². The van der Waals surface area contributed by atoms with E-state index in [4.69, 9.17) is 5.73 Å². The van der Waals surface area contributed by atoms with Crippen LogP contribution in [0.2, 0.25) is 0 Å². The molecule has 3 N–H and O–H groups in total. The Morgan fingerprint density at radius 1 is 1.50 bits per heavy atom. The second-order valence-electron chi connectivity index (χ2n) is 3.95. The number of nitrogen functional groups attached to an aromatic ring is 1. The predicted molar refractivity (Wildman–Crippen MR) is 66.4 cm³/mol. The zero-order chi connectivity index (χ0) is 13.1. The van der Waals surface area contributed by atoms with Crippen LogP contribution in [-0.4, -0.2) is 15.7 Å². The minimum atomic E-state index is -0.390. The number of hydrogen-bond donors (Lipinski definition) is 2. The number of amides is 1. The molecule has 0 radical (unpaired) electrons. The number of benzene rings is 1. The first-order valence-electron chi connectivity index (χ1n) is 5.39. The van der Waals surface area contributed by atoms with Crippen molar-refractivity contribution in [3.63, 3.8) is 0 Å². The third-order valence-electron chi connectivity index (χ3n) is 2.44. The monoisotopic (exact) mass is 248 g/mol. The minimum Gasteiger partial charge on any atom is -0.382 e. The van der Waals surface area contributed by atoms with E-state index in [2.05, 4.69) is 10.4 Å². The molecule has 0 saturated carbocycles. The molecule has 2 rings (SSSR count). The van der Waals surface area contributed by atoms with E-state index in [1.807, 2.05) is 0 Å². The number of carbonyl (C=O) groups excluding carboxylic acids is 1. The van der Waals surface area contributed by atoms with E-state index in [0.29, 0.717) is 11.5 Å². The Bertz CT molecular complexity index is 579. The van der Waals surface area contributed by atoms with Crippen molar-refractivity contribution in [3.8, 4) is 0 Å². The summed E-state index contributed by atoms with van der Waals surface area (Å²) < 4.78 is 14.5. The third-order valence-corrected chi connectivity index (χ3v) is 2.44. The number of anilines is 2. The van der Waals surface area contributed by atoms with Gasteiger partial charge >= 0.3 is 0 Å². The van der Waals surface area contributed by atoms with Crippen molar-refractivity contribution in [2.45, 2.75) is 13.5 Å². The lowest BCUT2D eigenvalue weighted by Crippen LogP contribution is -2.19. The van der Waals surface area contributed by atoms with E-state index in [0.717, 1.165) is 5.56 Å². The maximum absolute atomic E-state index is 13.0. The van der Waals surface area contributed by atoms with Gasteiger partial charge in [-0.05, 0) is 30.7 Å². The summed E-state index contributed by atoms with van der Waals surface area (Å²) in [5.41, 5.74) is 6.69. The summed E-state index contributed by atoms with van der Waals surface area (Å²) in [7, 11) is 0. The molecule has 1 aromatic heterocycles. The van der Waals surface area contributed by atoms with Crippen molar-refractivity contribution < 1.29 is 9.18 Å². The molecule has 0 fully saturated rings. The Morgan fingerprint density at radius 2 is 2.28 bits per heavy atom. The minimum absolute atomic E-state index is 0.0349. The zero-order valence-corrected chi connectivity index (χ0v) is 9.85. The third kappa shape index (κ3) is 2.85. The predicted octanol–water partition coefficient (Wildman–Crippen LogP) is 1.55. The highest BCUT2D eigenvalue weighted by molar-refractivity contribution is 5.91. The number of hydrogen-bond acceptors (Lipinski definition) is 3. The highest BCUT2D eigenvalue weighted by Gasteiger charge is 2.07. The fourth-order valence-corrected chi connectivity index (χ4v) is 1.53. The van der Waals surface area contributed by atoms with E-state index < -0.39 is 0 Å². The Labute approximate surface area is 103 Å². The molecule has 94 valence electrons. The molecule has 0 aliphatic heterocycles. The van der Waals surface area contributed by atoms with Gasteiger partial charge in [0, 0.05) is 11.9 Å². The van der Waals surface area contributed by atoms with Crippen LogP contribution < -0.4 is 11.1 Å². The molecular weight excluding hydrogens is 235 g/mol. The van der Waals surface area contributed by atoms with Crippen LogP contribution in [0, 0.1) is 12.7 Å². The van der Waals surface area contributed by atoms with Crippen molar-refractivity contribution in [2.75, 3.05) is 11.1 Å². The number of halogens is 1. The summed E-state index contributed by atoms with van der Waals surface area (Å²) in [6.45, 7) is 1.83. The fraction of sp³-hybridized carbons (Fsp3) is 0.167. The SMILES string of the molecule is Cc1ccc(F)cc1NC(=O)Cn1ccc(N)n1. The van der Waals surface area contributed by atoms with Gasteiger partial charge in [0.25, 0.3) is 0 Å². The lowest BCUT2D eigenvalue weighted by Gasteiger charge is -2.08. The van der Waals surface area contributed by atoms with Gasteiger partial charge in [-0.1, -0.05) is 6.07 Å². The number of carbonyl (C=O) groups is 1.